The Labute approximate surface area is 174 Å². The van der Waals surface area contributed by atoms with Crippen LogP contribution in [-0.4, -0.2) is 35.1 Å². The molecular formula is C22H24N4O4. The maximum Gasteiger partial charge on any atom is 0.329 e. The average molecular weight is 408 g/mol. The Morgan fingerprint density at radius 3 is 2.40 bits per heavy atom. The molecular weight excluding hydrogens is 384 g/mol. The molecule has 0 atom stereocenters. The fourth-order valence-corrected chi connectivity index (χ4v) is 3.29. The molecule has 0 aromatic heterocycles. The van der Waals surface area contributed by atoms with Crippen LogP contribution in [0.5, 0.6) is 5.75 Å². The molecule has 0 radical (unpaired) electrons. The van der Waals surface area contributed by atoms with E-state index < -0.39 is 11.8 Å². The van der Waals surface area contributed by atoms with Crippen LogP contribution in [0.2, 0.25) is 0 Å². The largest absolute Gasteiger partial charge is 0.507 e. The molecule has 1 aliphatic rings. The van der Waals surface area contributed by atoms with Gasteiger partial charge in [0.05, 0.1) is 17.5 Å². The number of anilines is 1. The lowest BCUT2D eigenvalue weighted by Crippen LogP contribution is -2.37. The Kier molecular flexibility index (Phi) is 7.15. The molecule has 2 aromatic carbocycles. The van der Waals surface area contributed by atoms with Gasteiger partial charge in [-0.3, -0.25) is 14.4 Å². The zero-order valence-corrected chi connectivity index (χ0v) is 16.4. The molecule has 0 saturated heterocycles. The van der Waals surface area contributed by atoms with Crippen molar-refractivity contribution in [2.24, 2.45) is 5.10 Å². The van der Waals surface area contributed by atoms with E-state index in [1.54, 1.807) is 42.5 Å². The number of aromatic hydroxyl groups is 1. The van der Waals surface area contributed by atoms with Gasteiger partial charge in [-0.2, -0.15) is 5.10 Å². The van der Waals surface area contributed by atoms with Crippen molar-refractivity contribution in [3.8, 4) is 5.75 Å². The number of carbonyl (C=O) groups excluding carboxylic acids is 3. The lowest BCUT2D eigenvalue weighted by molar-refractivity contribution is -0.136. The van der Waals surface area contributed by atoms with Gasteiger partial charge in [-0.1, -0.05) is 43.5 Å². The molecule has 0 unspecified atom stereocenters. The fourth-order valence-electron chi connectivity index (χ4n) is 3.29. The summed E-state index contributed by atoms with van der Waals surface area (Å²) >= 11 is 0. The number of hydrogen-bond donors (Lipinski definition) is 4. The van der Waals surface area contributed by atoms with E-state index in [0.29, 0.717) is 11.1 Å². The highest BCUT2D eigenvalue weighted by atomic mass is 16.3. The van der Waals surface area contributed by atoms with E-state index in [1.807, 2.05) is 0 Å². The first-order chi connectivity index (χ1) is 14.5. The SMILES string of the molecule is O=C(N/N=C/c1ccccc1O)C(=O)Nc1ccccc1C(=O)NC1CCCCC1. The molecule has 4 N–H and O–H groups in total. The van der Waals surface area contributed by atoms with Crippen LogP contribution in [0.15, 0.2) is 53.6 Å². The van der Waals surface area contributed by atoms with Gasteiger partial charge in [-0.25, -0.2) is 5.43 Å². The molecule has 0 spiro atoms. The van der Waals surface area contributed by atoms with E-state index in [2.05, 4.69) is 21.2 Å². The third-order valence-electron chi connectivity index (χ3n) is 4.87. The number of para-hydroxylation sites is 2. The third-order valence-corrected chi connectivity index (χ3v) is 4.87. The Bertz CT molecular complexity index is 952. The summed E-state index contributed by atoms with van der Waals surface area (Å²) in [4.78, 5) is 36.9. The van der Waals surface area contributed by atoms with Gasteiger partial charge < -0.3 is 15.7 Å². The Morgan fingerprint density at radius 2 is 1.63 bits per heavy atom. The summed E-state index contributed by atoms with van der Waals surface area (Å²) in [5.74, 6) is -2.24. The molecule has 0 bridgehead atoms. The number of phenols is 1. The van der Waals surface area contributed by atoms with Crippen LogP contribution >= 0.6 is 0 Å². The molecule has 2 aromatic rings. The first-order valence-corrected chi connectivity index (χ1v) is 9.87. The molecule has 1 fully saturated rings. The number of nitrogens with zero attached hydrogens (tertiary/aromatic N) is 1. The minimum atomic E-state index is -0.996. The van der Waals surface area contributed by atoms with Gasteiger partial charge in [0.25, 0.3) is 5.91 Å². The van der Waals surface area contributed by atoms with Crippen molar-refractivity contribution < 1.29 is 19.5 Å². The minimum absolute atomic E-state index is 0.00199. The number of rotatable bonds is 5. The first kappa shape index (κ1) is 21.0. The van der Waals surface area contributed by atoms with E-state index in [-0.39, 0.29) is 23.4 Å². The molecule has 8 heteroatoms. The highest BCUT2D eigenvalue weighted by Crippen LogP contribution is 2.20. The molecule has 30 heavy (non-hydrogen) atoms. The third kappa shape index (κ3) is 5.66. The number of amides is 3. The van der Waals surface area contributed by atoms with Crippen LogP contribution in [0, 0.1) is 0 Å². The van der Waals surface area contributed by atoms with Crippen LogP contribution in [-0.2, 0) is 9.59 Å². The van der Waals surface area contributed by atoms with E-state index in [9.17, 15) is 19.5 Å². The van der Waals surface area contributed by atoms with Crippen molar-refractivity contribution in [2.75, 3.05) is 5.32 Å². The maximum absolute atomic E-state index is 12.6. The number of hydrazone groups is 1. The predicted molar refractivity (Wildman–Crippen MR) is 113 cm³/mol. The summed E-state index contributed by atoms with van der Waals surface area (Å²) in [6.45, 7) is 0. The quantitative estimate of drug-likeness (QED) is 0.345. The lowest BCUT2D eigenvalue weighted by Gasteiger charge is -2.23. The summed E-state index contributed by atoms with van der Waals surface area (Å²) in [6, 6.07) is 13.1. The van der Waals surface area contributed by atoms with Crippen LogP contribution in [0.1, 0.15) is 48.0 Å². The second-order valence-corrected chi connectivity index (χ2v) is 7.07. The number of nitrogens with one attached hydrogen (secondary N) is 3. The number of phenolic OH excluding ortho intramolecular Hbond substituents is 1. The van der Waals surface area contributed by atoms with Gasteiger partial charge >= 0.3 is 11.8 Å². The number of carbonyl (C=O) groups is 3. The van der Waals surface area contributed by atoms with Gasteiger partial charge in [0.1, 0.15) is 5.75 Å². The molecule has 1 aliphatic carbocycles. The van der Waals surface area contributed by atoms with Crippen molar-refractivity contribution in [1.29, 1.82) is 0 Å². The Balaban J connectivity index is 1.60. The summed E-state index contributed by atoms with van der Waals surface area (Å²) in [6.07, 6.45) is 6.47. The molecule has 156 valence electrons. The second kappa shape index (κ2) is 10.2. The molecule has 8 nitrogen and oxygen atoms in total. The lowest BCUT2D eigenvalue weighted by atomic mass is 9.95. The standard InChI is InChI=1S/C22H24N4O4/c27-19-13-7-4-8-15(19)14-23-26-22(30)21(29)25-18-12-6-5-11-17(18)20(28)24-16-9-2-1-3-10-16/h4-8,11-14,16,27H,1-3,9-10H2,(H,24,28)(H,25,29)(H,26,30)/b23-14+. The summed E-state index contributed by atoms with van der Waals surface area (Å²) < 4.78 is 0. The predicted octanol–water partition coefficient (Wildman–Crippen LogP) is 2.54. The van der Waals surface area contributed by atoms with Crippen LogP contribution in [0.4, 0.5) is 5.69 Å². The zero-order valence-electron chi connectivity index (χ0n) is 16.4. The molecule has 3 rings (SSSR count). The van der Waals surface area contributed by atoms with Crippen molar-refractivity contribution in [3.63, 3.8) is 0 Å². The molecule has 3 amide bonds. The van der Waals surface area contributed by atoms with E-state index >= 15 is 0 Å². The second-order valence-electron chi connectivity index (χ2n) is 7.07. The summed E-state index contributed by atoms with van der Waals surface area (Å²) in [5.41, 5.74) is 3.03. The first-order valence-electron chi connectivity index (χ1n) is 9.87. The van der Waals surface area contributed by atoms with Crippen LogP contribution in [0.3, 0.4) is 0 Å². The van der Waals surface area contributed by atoms with Crippen LogP contribution in [0.25, 0.3) is 0 Å². The summed E-state index contributed by atoms with van der Waals surface area (Å²) in [7, 11) is 0. The van der Waals surface area contributed by atoms with E-state index in [1.165, 1.54) is 18.7 Å². The fraction of sp³-hybridized carbons (Fsp3) is 0.273. The van der Waals surface area contributed by atoms with Crippen molar-refractivity contribution in [3.05, 3.63) is 59.7 Å². The molecule has 0 aliphatic heterocycles. The van der Waals surface area contributed by atoms with Gasteiger partial charge in [-0.15, -0.1) is 0 Å². The average Bonchev–Trinajstić information content (AvgIpc) is 2.76. The van der Waals surface area contributed by atoms with E-state index in [4.69, 9.17) is 0 Å². The smallest absolute Gasteiger partial charge is 0.329 e. The van der Waals surface area contributed by atoms with Crippen LogP contribution < -0.4 is 16.1 Å². The molecule has 0 heterocycles. The normalized spacial score (nSPS) is 14.3. The van der Waals surface area contributed by atoms with Crippen molar-refractivity contribution in [1.82, 2.24) is 10.7 Å². The Hall–Kier alpha value is -3.68. The summed E-state index contributed by atoms with van der Waals surface area (Å²) in [5, 5.41) is 18.8. The highest BCUT2D eigenvalue weighted by Gasteiger charge is 2.20. The number of benzene rings is 2. The number of hydrogen-bond acceptors (Lipinski definition) is 5. The monoisotopic (exact) mass is 408 g/mol. The zero-order chi connectivity index (χ0) is 21.3. The van der Waals surface area contributed by atoms with Gasteiger partial charge in [0, 0.05) is 11.6 Å². The van der Waals surface area contributed by atoms with Crippen molar-refractivity contribution in [2.45, 2.75) is 38.1 Å². The van der Waals surface area contributed by atoms with Gasteiger partial charge in [-0.05, 0) is 37.1 Å². The maximum atomic E-state index is 12.6. The topological polar surface area (TPSA) is 120 Å². The van der Waals surface area contributed by atoms with Gasteiger partial charge in [0.15, 0.2) is 0 Å². The molecule has 1 saturated carbocycles. The highest BCUT2D eigenvalue weighted by molar-refractivity contribution is 6.40. The van der Waals surface area contributed by atoms with Crippen molar-refractivity contribution >= 4 is 29.6 Å². The minimum Gasteiger partial charge on any atom is -0.507 e. The van der Waals surface area contributed by atoms with Gasteiger partial charge in [0.2, 0.25) is 0 Å². The Morgan fingerprint density at radius 1 is 0.933 bits per heavy atom. The van der Waals surface area contributed by atoms with E-state index in [0.717, 1.165) is 25.7 Å².